The number of halogens is 1. The molecule has 2 rings (SSSR count). The molecule has 1 aromatic carbocycles. The van der Waals surface area contributed by atoms with Gasteiger partial charge in [-0.3, -0.25) is 4.79 Å². The van der Waals surface area contributed by atoms with E-state index in [9.17, 15) is 9.59 Å². The average molecular weight is 279 g/mol. The van der Waals surface area contributed by atoms with Crippen LogP contribution in [-0.2, 0) is 13.5 Å². The van der Waals surface area contributed by atoms with Crippen LogP contribution < -0.4 is 11.2 Å². The van der Waals surface area contributed by atoms with Crippen LogP contribution in [-0.4, -0.2) is 9.13 Å². The molecule has 0 saturated carbocycles. The molecule has 0 amide bonds. The van der Waals surface area contributed by atoms with Crippen LogP contribution in [0.25, 0.3) is 5.69 Å². The molecule has 2 aromatic rings. The fourth-order valence-corrected chi connectivity index (χ4v) is 2.13. The predicted molar refractivity (Wildman–Crippen MR) is 76.4 cm³/mol. The second-order valence-electron chi connectivity index (χ2n) is 4.44. The van der Waals surface area contributed by atoms with Gasteiger partial charge in [0, 0.05) is 23.8 Å². The highest BCUT2D eigenvalue weighted by Crippen LogP contribution is 2.17. The molecule has 0 bridgehead atoms. The quantitative estimate of drug-likeness (QED) is 0.844. The summed E-state index contributed by atoms with van der Waals surface area (Å²) in [5.41, 5.74) is 1.42. The number of hydrogen-bond donors (Lipinski definition) is 0. The Morgan fingerprint density at radius 1 is 1.21 bits per heavy atom. The van der Waals surface area contributed by atoms with Crippen molar-refractivity contribution >= 4 is 11.6 Å². The van der Waals surface area contributed by atoms with Gasteiger partial charge in [-0.1, -0.05) is 18.5 Å². The van der Waals surface area contributed by atoms with Crippen molar-refractivity contribution in [1.82, 2.24) is 9.13 Å². The van der Waals surface area contributed by atoms with Crippen LogP contribution >= 0.6 is 11.6 Å². The molecule has 0 unspecified atom stereocenters. The van der Waals surface area contributed by atoms with Crippen LogP contribution in [0.3, 0.4) is 0 Å². The Labute approximate surface area is 115 Å². The summed E-state index contributed by atoms with van der Waals surface area (Å²) in [4.78, 5) is 24.3. The lowest BCUT2D eigenvalue weighted by atomic mass is 10.2. The molecule has 0 aliphatic heterocycles. The number of aryl methyl sites for hydroxylation is 2. The molecule has 4 nitrogen and oxygen atoms in total. The molecule has 0 aliphatic rings. The first-order valence-corrected chi connectivity index (χ1v) is 6.42. The Bertz CT molecular complexity index is 744. The first kappa shape index (κ1) is 13.6. The van der Waals surface area contributed by atoms with Gasteiger partial charge in [-0.25, -0.2) is 9.36 Å². The van der Waals surface area contributed by atoms with Crippen molar-refractivity contribution in [2.45, 2.75) is 20.3 Å². The molecule has 1 heterocycles. The van der Waals surface area contributed by atoms with E-state index in [1.165, 1.54) is 10.6 Å². The van der Waals surface area contributed by atoms with Gasteiger partial charge >= 0.3 is 5.69 Å². The van der Waals surface area contributed by atoms with Gasteiger partial charge in [0.2, 0.25) is 0 Å². The third-order valence-corrected chi connectivity index (χ3v) is 3.61. The van der Waals surface area contributed by atoms with Crippen LogP contribution in [0.5, 0.6) is 0 Å². The van der Waals surface area contributed by atoms with Gasteiger partial charge in [-0.2, -0.15) is 0 Å². The first-order valence-electron chi connectivity index (χ1n) is 6.04. The number of aromatic nitrogens is 2. The largest absolute Gasteiger partial charge is 0.335 e. The highest BCUT2D eigenvalue weighted by molar-refractivity contribution is 6.31. The Balaban J connectivity index is 2.76. The minimum absolute atomic E-state index is 0.318. The zero-order chi connectivity index (χ0) is 14.2. The van der Waals surface area contributed by atoms with E-state index < -0.39 is 0 Å². The van der Waals surface area contributed by atoms with Gasteiger partial charge < -0.3 is 4.57 Å². The molecule has 0 saturated heterocycles. The van der Waals surface area contributed by atoms with E-state index in [1.807, 2.05) is 13.8 Å². The molecule has 0 aliphatic carbocycles. The second kappa shape index (κ2) is 5.05. The third-order valence-electron chi connectivity index (χ3n) is 3.18. The van der Waals surface area contributed by atoms with Gasteiger partial charge in [0.1, 0.15) is 0 Å². The highest BCUT2D eigenvalue weighted by atomic mass is 35.5. The van der Waals surface area contributed by atoms with E-state index in [4.69, 9.17) is 11.6 Å². The first-order chi connectivity index (χ1) is 8.95. The molecule has 0 N–H and O–H groups in total. The van der Waals surface area contributed by atoms with Gasteiger partial charge in [-0.15, -0.1) is 0 Å². The van der Waals surface area contributed by atoms with Gasteiger partial charge in [0.25, 0.3) is 5.56 Å². The third kappa shape index (κ3) is 2.36. The van der Waals surface area contributed by atoms with Crippen molar-refractivity contribution in [3.63, 3.8) is 0 Å². The normalized spacial score (nSPS) is 10.7. The van der Waals surface area contributed by atoms with Crippen molar-refractivity contribution < 1.29 is 0 Å². The monoisotopic (exact) mass is 278 g/mol. The van der Waals surface area contributed by atoms with E-state index in [1.54, 1.807) is 25.2 Å². The molecule has 0 atom stereocenters. The number of rotatable bonds is 2. The maximum absolute atomic E-state index is 12.3. The summed E-state index contributed by atoms with van der Waals surface area (Å²) < 4.78 is 2.65. The average Bonchev–Trinajstić information content (AvgIpc) is 2.38. The number of benzene rings is 1. The maximum atomic E-state index is 12.3. The minimum Gasteiger partial charge on any atom is -0.300 e. The molecule has 19 heavy (non-hydrogen) atoms. The summed E-state index contributed by atoms with van der Waals surface area (Å²) in [6.07, 6.45) is 0.640. The zero-order valence-electron chi connectivity index (χ0n) is 11.1. The lowest BCUT2D eigenvalue weighted by Gasteiger charge is -2.11. The Hall–Kier alpha value is -1.81. The van der Waals surface area contributed by atoms with E-state index in [0.717, 1.165) is 15.8 Å². The molecule has 0 fully saturated rings. The number of hydrogen-bond acceptors (Lipinski definition) is 2. The van der Waals surface area contributed by atoms with Crippen molar-refractivity contribution in [3.8, 4) is 5.69 Å². The van der Waals surface area contributed by atoms with Crippen molar-refractivity contribution in [1.29, 1.82) is 0 Å². The van der Waals surface area contributed by atoms with E-state index in [2.05, 4.69) is 0 Å². The van der Waals surface area contributed by atoms with Crippen molar-refractivity contribution in [2.24, 2.45) is 7.05 Å². The topological polar surface area (TPSA) is 44.0 Å². The summed E-state index contributed by atoms with van der Waals surface area (Å²) in [7, 11) is 1.67. The smallest absolute Gasteiger partial charge is 0.300 e. The fourth-order valence-electron chi connectivity index (χ4n) is 2.02. The predicted octanol–water partition coefficient (Wildman–Crippen LogP) is 2.06. The maximum Gasteiger partial charge on any atom is 0.335 e. The summed E-state index contributed by atoms with van der Waals surface area (Å²) >= 11 is 5.96. The van der Waals surface area contributed by atoms with Crippen molar-refractivity contribution in [3.05, 3.63) is 61.4 Å². The summed E-state index contributed by atoms with van der Waals surface area (Å²) in [5, 5.41) is 0.610. The molecule has 5 heteroatoms. The summed E-state index contributed by atoms with van der Waals surface area (Å²) in [5.74, 6) is 0. The Kier molecular flexibility index (Phi) is 3.62. The number of nitrogens with zero attached hydrogens (tertiary/aromatic N) is 2. The zero-order valence-corrected chi connectivity index (χ0v) is 11.9. The lowest BCUT2D eigenvalue weighted by molar-refractivity contribution is 0.694. The molecular formula is C14H15ClN2O2. The highest BCUT2D eigenvalue weighted by Gasteiger charge is 2.10. The fraction of sp³-hybridized carbons (Fsp3) is 0.286. The van der Waals surface area contributed by atoms with Crippen LogP contribution in [0.15, 0.2) is 33.9 Å². The van der Waals surface area contributed by atoms with Crippen LogP contribution in [0.4, 0.5) is 0 Å². The van der Waals surface area contributed by atoms with Gasteiger partial charge in [-0.05, 0) is 37.1 Å². The Morgan fingerprint density at radius 3 is 2.47 bits per heavy atom. The summed E-state index contributed by atoms with van der Waals surface area (Å²) in [6.45, 7) is 3.74. The lowest BCUT2D eigenvalue weighted by Crippen LogP contribution is -2.38. The van der Waals surface area contributed by atoms with E-state index >= 15 is 0 Å². The Morgan fingerprint density at radius 2 is 1.89 bits per heavy atom. The second-order valence-corrected chi connectivity index (χ2v) is 4.85. The molecular weight excluding hydrogens is 264 g/mol. The van der Waals surface area contributed by atoms with Crippen LogP contribution in [0.1, 0.15) is 18.2 Å². The van der Waals surface area contributed by atoms with Crippen LogP contribution in [0.2, 0.25) is 5.02 Å². The molecule has 100 valence electrons. The standard InChI is InChI=1S/C14H15ClN2O2/c1-4-10-8-13(18)17(14(19)16(10)3)11-5-6-12(15)9(2)7-11/h5-8H,4H2,1-3H3. The SMILES string of the molecule is CCc1cc(=O)n(-c2ccc(Cl)c(C)c2)c(=O)n1C. The van der Waals surface area contributed by atoms with Crippen LogP contribution in [0, 0.1) is 6.92 Å². The van der Waals surface area contributed by atoms with Crippen molar-refractivity contribution in [2.75, 3.05) is 0 Å². The van der Waals surface area contributed by atoms with Gasteiger partial charge in [0.05, 0.1) is 5.69 Å². The molecule has 0 radical (unpaired) electrons. The molecule has 0 spiro atoms. The van der Waals surface area contributed by atoms with E-state index in [-0.39, 0.29) is 11.2 Å². The summed E-state index contributed by atoms with van der Waals surface area (Å²) in [6, 6.07) is 6.58. The minimum atomic E-state index is -0.342. The van der Waals surface area contributed by atoms with Gasteiger partial charge in [0.15, 0.2) is 0 Å². The van der Waals surface area contributed by atoms with E-state index in [0.29, 0.717) is 17.1 Å². The molecule has 1 aromatic heterocycles.